The summed E-state index contributed by atoms with van der Waals surface area (Å²) >= 11 is 0. The molecule has 2 aromatic carbocycles. The van der Waals surface area contributed by atoms with E-state index in [1.165, 1.54) is 12.4 Å². The lowest BCUT2D eigenvalue weighted by atomic mass is 10.1. The first kappa shape index (κ1) is 24.0. The minimum atomic E-state index is -0.957. The molecule has 2 N–H and O–H groups in total. The van der Waals surface area contributed by atoms with E-state index in [1.54, 1.807) is 13.2 Å². The molecule has 36 heavy (non-hydrogen) atoms. The Hall–Kier alpha value is -3.70. The second-order valence-corrected chi connectivity index (χ2v) is 8.38. The van der Waals surface area contributed by atoms with E-state index in [4.69, 9.17) is 18.9 Å². The van der Waals surface area contributed by atoms with E-state index in [0.29, 0.717) is 47.6 Å². The lowest BCUT2D eigenvalue weighted by Gasteiger charge is -2.26. The Kier molecular flexibility index (Phi) is 7.28. The SMILES string of the molecule is COc1cc2c(cc1OCCCN1CCOCC1)CNc1c(Nc3ccc(F)c(F)c3)ncnc1O2. The molecule has 0 bridgehead atoms. The van der Waals surface area contributed by atoms with Crippen molar-refractivity contribution in [2.45, 2.75) is 13.0 Å². The summed E-state index contributed by atoms with van der Waals surface area (Å²) in [6.07, 6.45) is 2.21. The predicted molar refractivity (Wildman–Crippen MR) is 129 cm³/mol. The molecular formula is C25H27F2N5O4. The zero-order chi connectivity index (χ0) is 24.9. The number of methoxy groups -OCH3 is 1. The molecular weight excluding hydrogens is 472 g/mol. The molecule has 2 aliphatic heterocycles. The number of benzene rings is 2. The van der Waals surface area contributed by atoms with Gasteiger partial charge in [-0.25, -0.2) is 13.8 Å². The van der Waals surface area contributed by atoms with Crippen molar-refractivity contribution in [3.63, 3.8) is 0 Å². The van der Waals surface area contributed by atoms with E-state index in [1.807, 2.05) is 6.07 Å². The first-order valence-corrected chi connectivity index (χ1v) is 11.7. The molecule has 0 spiro atoms. The fourth-order valence-corrected chi connectivity index (χ4v) is 4.08. The summed E-state index contributed by atoms with van der Waals surface area (Å²) in [6, 6.07) is 7.19. The van der Waals surface area contributed by atoms with Gasteiger partial charge >= 0.3 is 0 Å². The molecule has 9 nitrogen and oxygen atoms in total. The number of aromatic nitrogens is 2. The Morgan fingerprint density at radius 1 is 1.08 bits per heavy atom. The van der Waals surface area contributed by atoms with Crippen LogP contribution in [0.3, 0.4) is 0 Å². The molecule has 1 saturated heterocycles. The standard InChI is InChI=1S/C25H27F2N5O4/c1-33-21-13-20-16(11-22(21)35-8-2-5-32-6-9-34-10-7-32)14-28-23-24(29-15-30-25(23)36-20)31-17-3-4-18(26)19(27)12-17/h3-4,11-13,15,28H,2,5-10,14H2,1H3,(H,29,30,31). The Bertz CT molecular complexity index is 1220. The van der Waals surface area contributed by atoms with Crippen molar-refractivity contribution in [3.8, 4) is 23.1 Å². The van der Waals surface area contributed by atoms with Gasteiger partial charge in [0.1, 0.15) is 17.8 Å². The normalized spacial score (nSPS) is 15.1. The molecule has 11 heteroatoms. The van der Waals surface area contributed by atoms with Gasteiger partial charge in [-0.15, -0.1) is 0 Å². The van der Waals surface area contributed by atoms with Crippen LogP contribution in [0.2, 0.25) is 0 Å². The van der Waals surface area contributed by atoms with Crippen molar-refractivity contribution in [3.05, 3.63) is 53.9 Å². The van der Waals surface area contributed by atoms with Gasteiger partial charge < -0.3 is 29.6 Å². The topological polar surface area (TPSA) is 90.0 Å². The van der Waals surface area contributed by atoms with Crippen LogP contribution in [-0.2, 0) is 11.3 Å². The monoisotopic (exact) mass is 499 g/mol. The number of morpholine rings is 1. The highest BCUT2D eigenvalue weighted by atomic mass is 19.2. The van der Waals surface area contributed by atoms with Gasteiger partial charge in [0, 0.05) is 49.6 Å². The van der Waals surface area contributed by atoms with Gasteiger partial charge in [0.05, 0.1) is 26.9 Å². The average Bonchev–Trinajstić information content (AvgIpc) is 3.08. The molecule has 190 valence electrons. The van der Waals surface area contributed by atoms with Crippen LogP contribution in [0.1, 0.15) is 12.0 Å². The van der Waals surface area contributed by atoms with E-state index in [2.05, 4.69) is 25.5 Å². The van der Waals surface area contributed by atoms with Crippen LogP contribution in [-0.4, -0.2) is 61.4 Å². The molecule has 3 aromatic rings. The maximum absolute atomic E-state index is 13.7. The molecule has 3 heterocycles. The highest BCUT2D eigenvalue weighted by molar-refractivity contribution is 5.76. The third kappa shape index (κ3) is 5.42. The summed E-state index contributed by atoms with van der Waals surface area (Å²) in [6.45, 7) is 5.34. The van der Waals surface area contributed by atoms with Crippen molar-refractivity contribution in [2.24, 2.45) is 0 Å². The zero-order valence-corrected chi connectivity index (χ0v) is 19.9. The number of hydrogen-bond acceptors (Lipinski definition) is 9. The van der Waals surface area contributed by atoms with Crippen molar-refractivity contribution < 1.29 is 27.7 Å². The average molecular weight is 500 g/mol. The second kappa shape index (κ2) is 10.9. The zero-order valence-electron chi connectivity index (χ0n) is 19.9. The number of ether oxygens (including phenoxy) is 4. The molecule has 0 saturated carbocycles. The molecule has 5 rings (SSSR count). The minimum Gasteiger partial charge on any atom is -0.493 e. The lowest BCUT2D eigenvalue weighted by Crippen LogP contribution is -2.37. The smallest absolute Gasteiger partial charge is 0.248 e. The van der Waals surface area contributed by atoms with E-state index in [0.717, 1.165) is 57.0 Å². The van der Waals surface area contributed by atoms with Crippen LogP contribution in [0.5, 0.6) is 23.1 Å². The van der Waals surface area contributed by atoms with Crippen molar-refractivity contribution >= 4 is 17.2 Å². The molecule has 0 atom stereocenters. The third-order valence-electron chi connectivity index (χ3n) is 5.98. The van der Waals surface area contributed by atoms with Gasteiger partial charge in [0.15, 0.2) is 29.0 Å². The van der Waals surface area contributed by atoms with E-state index >= 15 is 0 Å². The maximum atomic E-state index is 13.7. The summed E-state index contributed by atoms with van der Waals surface area (Å²) in [4.78, 5) is 10.8. The molecule has 0 unspecified atom stereocenters. The Balaban J connectivity index is 1.29. The van der Waals surface area contributed by atoms with Crippen molar-refractivity contribution in [2.75, 3.05) is 57.2 Å². The van der Waals surface area contributed by atoms with Gasteiger partial charge in [-0.3, -0.25) is 4.90 Å². The van der Waals surface area contributed by atoms with Crippen LogP contribution in [0.25, 0.3) is 0 Å². The van der Waals surface area contributed by atoms with Crippen LogP contribution in [0.4, 0.5) is 26.0 Å². The van der Waals surface area contributed by atoms with Crippen molar-refractivity contribution in [1.29, 1.82) is 0 Å². The number of halogens is 2. The quantitative estimate of drug-likeness (QED) is 0.440. The van der Waals surface area contributed by atoms with E-state index in [9.17, 15) is 8.78 Å². The molecule has 1 aromatic heterocycles. The fraction of sp³-hybridized carbons (Fsp3) is 0.360. The van der Waals surface area contributed by atoms with Crippen LogP contribution in [0, 0.1) is 11.6 Å². The molecule has 0 amide bonds. The van der Waals surface area contributed by atoms with Crippen LogP contribution < -0.4 is 24.8 Å². The molecule has 0 aliphatic carbocycles. The van der Waals surface area contributed by atoms with Crippen molar-refractivity contribution in [1.82, 2.24) is 14.9 Å². The maximum Gasteiger partial charge on any atom is 0.248 e. The predicted octanol–water partition coefficient (Wildman–Crippen LogP) is 4.33. The Morgan fingerprint density at radius 2 is 1.94 bits per heavy atom. The van der Waals surface area contributed by atoms with Gasteiger partial charge in [-0.05, 0) is 24.6 Å². The molecule has 1 fully saturated rings. The number of rotatable bonds is 8. The number of anilines is 3. The van der Waals surface area contributed by atoms with E-state index in [-0.39, 0.29) is 5.88 Å². The van der Waals surface area contributed by atoms with Crippen LogP contribution >= 0.6 is 0 Å². The highest BCUT2D eigenvalue weighted by Gasteiger charge is 2.22. The second-order valence-electron chi connectivity index (χ2n) is 8.38. The molecule has 2 aliphatic rings. The summed E-state index contributed by atoms with van der Waals surface area (Å²) in [5, 5.41) is 6.26. The fourth-order valence-electron chi connectivity index (χ4n) is 4.08. The number of nitrogens with zero attached hydrogens (tertiary/aromatic N) is 3. The minimum absolute atomic E-state index is 0.287. The Labute approximate surface area is 207 Å². The number of fused-ring (bicyclic) bond motifs is 2. The number of nitrogens with one attached hydrogen (secondary N) is 2. The lowest BCUT2D eigenvalue weighted by molar-refractivity contribution is 0.0357. The van der Waals surface area contributed by atoms with Gasteiger partial charge in [-0.1, -0.05) is 0 Å². The number of hydrogen-bond donors (Lipinski definition) is 2. The first-order chi connectivity index (χ1) is 17.6. The van der Waals surface area contributed by atoms with Gasteiger partial charge in [0.2, 0.25) is 5.88 Å². The third-order valence-corrected chi connectivity index (χ3v) is 5.98. The van der Waals surface area contributed by atoms with Crippen LogP contribution in [0.15, 0.2) is 36.7 Å². The largest absolute Gasteiger partial charge is 0.493 e. The summed E-state index contributed by atoms with van der Waals surface area (Å²) in [5.41, 5.74) is 1.67. The first-order valence-electron chi connectivity index (χ1n) is 11.7. The Morgan fingerprint density at radius 3 is 2.75 bits per heavy atom. The van der Waals surface area contributed by atoms with E-state index < -0.39 is 11.6 Å². The summed E-state index contributed by atoms with van der Waals surface area (Å²) < 4.78 is 50.0. The van der Waals surface area contributed by atoms with Gasteiger partial charge in [0.25, 0.3) is 0 Å². The molecule has 0 radical (unpaired) electrons. The highest BCUT2D eigenvalue weighted by Crippen LogP contribution is 2.42. The van der Waals surface area contributed by atoms with Gasteiger partial charge in [-0.2, -0.15) is 4.98 Å². The summed E-state index contributed by atoms with van der Waals surface area (Å²) in [7, 11) is 1.58. The summed E-state index contributed by atoms with van der Waals surface area (Å²) in [5.74, 6) is 0.517.